The minimum Gasteiger partial charge on any atom is -0.544 e. The van der Waals surface area contributed by atoms with Crippen molar-refractivity contribution < 1.29 is 38.8 Å². The van der Waals surface area contributed by atoms with Crippen LogP contribution in [0.1, 0.15) is 68.5 Å². The molecule has 3 atom stereocenters. The highest BCUT2D eigenvalue weighted by molar-refractivity contribution is 7.14. The summed E-state index contributed by atoms with van der Waals surface area (Å²) in [6.45, 7) is 5.59. The molecule has 2 bridgehead atoms. The number of fused-ring (bicyclic) bond motifs is 3. The van der Waals surface area contributed by atoms with E-state index >= 15 is 0 Å². The van der Waals surface area contributed by atoms with E-state index in [1.165, 1.54) is 26.6 Å². The van der Waals surface area contributed by atoms with E-state index in [0.29, 0.717) is 35.1 Å². The van der Waals surface area contributed by atoms with Gasteiger partial charge < -0.3 is 24.1 Å². The molecule has 7 rings (SSSR count). The summed E-state index contributed by atoms with van der Waals surface area (Å²) in [5.41, 5.74) is 2.55. The molecule has 2 aromatic carbocycles. The monoisotopic (exact) mass is 753 g/mol. The lowest BCUT2D eigenvalue weighted by molar-refractivity contribution is -0.904. The van der Waals surface area contributed by atoms with E-state index in [2.05, 4.69) is 4.90 Å². The zero-order valence-electron chi connectivity index (χ0n) is 28.7. The summed E-state index contributed by atoms with van der Waals surface area (Å²) in [5.74, 6) is -0.870. The normalized spacial score (nSPS) is 19.5. The van der Waals surface area contributed by atoms with Crippen LogP contribution in [0.3, 0.4) is 0 Å². The van der Waals surface area contributed by atoms with Crippen LogP contribution in [0, 0.1) is 5.92 Å². The summed E-state index contributed by atoms with van der Waals surface area (Å²) in [7, 11) is 3.07. The molecule has 13 heteroatoms. The summed E-state index contributed by atoms with van der Waals surface area (Å²) < 4.78 is 18.1. The van der Waals surface area contributed by atoms with Gasteiger partial charge in [-0.1, -0.05) is 66.5 Å². The summed E-state index contributed by atoms with van der Waals surface area (Å²) in [4.78, 5) is 32.1. The summed E-state index contributed by atoms with van der Waals surface area (Å²) in [5, 5.41) is 23.2. The number of carboxylic acid groups (broad SMARTS) is 1. The van der Waals surface area contributed by atoms with Crippen molar-refractivity contribution in [2.24, 2.45) is 5.92 Å². The minimum atomic E-state index is -1.32. The summed E-state index contributed by atoms with van der Waals surface area (Å²) >= 11 is 14.3. The Morgan fingerprint density at radius 3 is 2.29 bits per heavy atom. The number of rotatable bonds is 14. The summed E-state index contributed by atoms with van der Waals surface area (Å²) in [6, 6.07) is 16.1. The van der Waals surface area contributed by atoms with Gasteiger partial charge in [0.1, 0.15) is 22.2 Å². The number of ether oxygens (including phenoxy) is 3. The second-order valence-electron chi connectivity index (χ2n) is 13.0. The topological polar surface area (TPSA) is 115 Å². The van der Waals surface area contributed by atoms with Crippen LogP contribution in [0.2, 0.25) is 10.0 Å². The third-order valence-electron chi connectivity index (χ3n) is 9.99. The molecule has 3 aliphatic rings. The number of nitrogens with zero attached hydrogens (tertiary/aromatic N) is 3. The molecule has 3 aliphatic heterocycles. The smallest absolute Gasteiger partial charge is 0.328 e. The summed E-state index contributed by atoms with van der Waals surface area (Å²) in [6.07, 6.45) is 4.74. The predicted molar refractivity (Wildman–Crippen MR) is 192 cm³/mol. The van der Waals surface area contributed by atoms with Gasteiger partial charge in [0.25, 0.3) is 0 Å². The highest BCUT2D eigenvalue weighted by Gasteiger charge is 2.39. The van der Waals surface area contributed by atoms with Crippen LogP contribution in [-0.4, -0.2) is 73.4 Å². The first kappa shape index (κ1) is 36.9. The molecule has 3 saturated heterocycles. The van der Waals surface area contributed by atoms with Crippen LogP contribution in [0.15, 0.2) is 67.0 Å². The Morgan fingerprint density at radius 1 is 1.02 bits per heavy atom. The van der Waals surface area contributed by atoms with E-state index in [-0.39, 0.29) is 40.0 Å². The van der Waals surface area contributed by atoms with Crippen LogP contribution in [0.5, 0.6) is 11.5 Å². The number of carboxylic acids is 1. The van der Waals surface area contributed by atoms with Crippen molar-refractivity contribution >= 4 is 46.5 Å². The fraction of sp³-hybridized carbons (Fsp3) is 0.395. The second-order valence-corrected chi connectivity index (χ2v) is 14.9. The minimum absolute atomic E-state index is 0.0485. The molecule has 0 amide bonds. The lowest BCUT2D eigenvalue weighted by Gasteiger charge is -2.44. The SMILES string of the molecule is CCN(Cc1cc([C@@H](Cc2c(Cl)c[n+](O)cc2Cl)c2ccc(OC)c(OC)c2)c(C(=O)[O-])s1)C(C(=O)O[C@H]1CN2CCC1CC2)c1ccccc1. The average molecular weight is 755 g/mol. The molecule has 3 fully saturated rings. The number of carbonyl (C=O) groups excluding carboxylic acids is 2. The number of thiophene rings is 1. The van der Waals surface area contributed by atoms with Crippen molar-refractivity contribution in [1.29, 1.82) is 0 Å². The molecule has 2 aromatic heterocycles. The molecule has 0 spiro atoms. The fourth-order valence-corrected chi connectivity index (χ4v) is 9.03. The van der Waals surface area contributed by atoms with Gasteiger partial charge in [-0.05, 0) is 79.7 Å². The van der Waals surface area contributed by atoms with Crippen LogP contribution in [-0.2, 0) is 22.5 Å². The van der Waals surface area contributed by atoms with Gasteiger partial charge in [0.05, 0.1) is 25.1 Å². The van der Waals surface area contributed by atoms with Gasteiger partial charge in [-0.2, -0.15) is 0 Å². The van der Waals surface area contributed by atoms with Gasteiger partial charge >= 0.3 is 5.97 Å². The number of halogens is 2. The molecule has 0 radical (unpaired) electrons. The number of carbonyl (C=O) groups is 2. The zero-order valence-corrected chi connectivity index (χ0v) is 31.0. The first-order valence-electron chi connectivity index (χ1n) is 17.0. The number of pyridine rings is 1. The van der Waals surface area contributed by atoms with E-state index < -0.39 is 17.9 Å². The van der Waals surface area contributed by atoms with E-state index in [0.717, 1.165) is 64.5 Å². The van der Waals surface area contributed by atoms with Crippen molar-refractivity contribution in [3.8, 4) is 11.5 Å². The number of hydrogen-bond acceptors (Lipinski definition) is 10. The molecule has 51 heavy (non-hydrogen) atoms. The van der Waals surface area contributed by atoms with Crippen molar-refractivity contribution in [2.75, 3.05) is 40.4 Å². The first-order chi connectivity index (χ1) is 24.6. The van der Waals surface area contributed by atoms with Crippen LogP contribution < -0.4 is 19.3 Å². The Bertz CT molecular complexity index is 1840. The average Bonchev–Trinajstić information content (AvgIpc) is 3.55. The van der Waals surface area contributed by atoms with Crippen molar-refractivity contribution in [1.82, 2.24) is 9.80 Å². The number of esters is 1. The van der Waals surface area contributed by atoms with Crippen LogP contribution in [0.25, 0.3) is 0 Å². The third kappa shape index (κ3) is 8.13. The van der Waals surface area contributed by atoms with E-state index in [9.17, 15) is 19.9 Å². The number of hydrogen-bond donors (Lipinski definition) is 1. The Morgan fingerprint density at radius 2 is 1.71 bits per heavy atom. The lowest BCUT2D eigenvalue weighted by Crippen LogP contribution is -2.52. The Kier molecular flexibility index (Phi) is 11.7. The first-order valence-corrected chi connectivity index (χ1v) is 18.5. The number of methoxy groups -OCH3 is 2. The molecule has 10 nitrogen and oxygen atoms in total. The molecule has 0 saturated carbocycles. The number of aromatic nitrogens is 1. The lowest BCUT2D eigenvalue weighted by atomic mass is 9.85. The third-order valence-corrected chi connectivity index (χ3v) is 11.8. The molecular formula is C38H41Cl2N3O7S. The molecule has 4 aromatic rings. The van der Waals surface area contributed by atoms with E-state index in [1.807, 2.05) is 54.3 Å². The standard InChI is InChI=1S/C38H41Cl2N3O7S/c1-4-42(35(24-8-6-5-7-9-24)38(46)50-34-22-41-14-12-23(34)13-15-41)19-26-17-28(36(51-26)37(44)45)27(18-29-30(39)20-43(47)21-31(29)40)25-10-11-32(48-2)33(16-25)49-3/h5-11,16-17,20-21,23,27,34-35H,4,12-15,18-19,22H2,1-3H3,(H-,44,45,47)/t27-,34-,35?/m0/s1. The molecule has 270 valence electrons. The van der Waals surface area contributed by atoms with E-state index in [4.69, 9.17) is 37.4 Å². The van der Waals surface area contributed by atoms with Gasteiger partial charge in [-0.15, -0.1) is 11.3 Å². The maximum atomic E-state index is 14.1. The van der Waals surface area contributed by atoms with Gasteiger partial charge in [0.15, 0.2) is 11.5 Å². The van der Waals surface area contributed by atoms with Gasteiger partial charge in [-0.3, -0.25) is 15.0 Å². The zero-order chi connectivity index (χ0) is 36.2. The predicted octanol–water partition coefficient (Wildman–Crippen LogP) is 5.54. The van der Waals surface area contributed by atoms with Gasteiger partial charge in [0, 0.05) is 34.2 Å². The highest BCUT2D eigenvalue weighted by atomic mass is 35.5. The number of piperidine rings is 3. The molecule has 1 unspecified atom stereocenters. The molecular weight excluding hydrogens is 713 g/mol. The van der Waals surface area contributed by atoms with Crippen LogP contribution in [0.4, 0.5) is 0 Å². The largest absolute Gasteiger partial charge is 0.544 e. The second kappa shape index (κ2) is 16.2. The van der Waals surface area contributed by atoms with E-state index in [1.54, 1.807) is 12.1 Å². The van der Waals surface area contributed by atoms with Gasteiger partial charge in [-0.25, -0.2) is 4.79 Å². The number of aromatic carboxylic acids is 1. The van der Waals surface area contributed by atoms with Crippen molar-refractivity contribution in [2.45, 2.75) is 50.8 Å². The molecule has 5 heterocycles. The molecule has 0 aliphatic carbocycles. The molecule has 1 N–H and O–H groups in total. The van der Waals surface area contributed by atoms with Crippen LogP contribution >= 0.6 is 34.5 Å². The van der Waals surface area contributed by atoms with Crippen molar-refractivity contribution in [3.05, 3.63) is 109 Å². The Balaban J connectivity index is 1.38. The maximum Gasteiger partial charge on any atom is 0.328 e. The van der Waals surface area contributed by atoms with Crippen molar-refractivity contribution in [3.63, 3.8) is 0 Å². The quantitative estimate of drug-likeness (QED) is 0.101. The Hall–Kier alpha value is -3.87. The number of benzene rings is 2. The fourth-order valence-electron chi connectivity index (χ4n) is 7.35. The highest BCUT2D eigenvalue weighted by Crippen LogP contribution is 2.41. The Labute approximate surface area is 311 Å². The maximum absolute atomic E-state index is 14.1. The van der Waals surface area contributed by atoms with Gasteiger partial charge in [0.2, 0.25) is 12.4 Å². The number of likely N-dealkylation sites (N-methyl/N-ethyl adjacent to an activating group) is 1.